The van der Waals surface area contributed by atoms with Crippen molar-refractivity contribution in [1.29, 1.82) is 0 Å². The molecule has 1 saturated heterocycles. The van der Waals surface area contributed by atoms with Gasteiger partial charge in [0.2, 0.25) is 5.91 Å². The summed E-state index contributed by atoms with van der Waals surface area (Å²) in [6.07, 6.45) is 0.523. The first-order valence-electron chi connectivity index (χ1n) is 5.39. The van der Waals surface area contributed by atoms with Gasteiger partial charge >= 0.3 is 0 Å². The van der Waals surface area contributed by atoms with Gasteiger partial charge < -0.3 is 15.7 Å². The molecule has 1 amide bonds. The van der Waals surface area contributed by atoms with Crippen LogP contribution in [0.15, 0.2) is 30.3 Å². The van der Waals surface area contributed by atoms with Crippen molar-refractivity contribution in [2.24, 2.45) is 5.73 Å². The largest absolute Gasteiger partial charge is 0.394 e. The van der Waals surface area contributed by atoms with E-state index in [1.165, 1.54) is 0 Å². The molecular formula is C12H16N2O2. The lowest BCUT2D eigenvalue weighted by Crippen LogP contribution is -2.50. The Bertz CT molecular complexity index is 380. The SMILES string of the molecule is NC1(CO)CCN(Cc2ccccc2)C1=O. The monoisotopic (exact) mass is 220 g/mol. The maximum Gasteiger partial charge on any atom is 0.245 e. The summed E-state index contributed by atoms with van der Waals surface area (Å²) in [6.45, 7) is 0.903. The number of aliphatic hydroxyl groups excluding tert-OH is 1. The molecule has 0 radical (unpaired) electrons. The van der Waals surface area contributed by atoms with Crippen LogP contribution in [0.2, 0.25) is 0 Å². The van der Waals surface area contributed by atoms with Crippen molar-refractivity contribution in [3.8, 4) is 0 Å². The fourth-order valence-corrected chi connectivity index (χ4v) is 1.96. The van der Waals surface area contributed by atoms with E-state index < -0.39 is 5.54 Å². The molecule has 3 N–H and O–H groups in total. The molecule has 0 aliphatic carbocycles. The first-order chi connectivity index (χ1) is 7.65. The third-order valence-electron chi connectivity index (χ3n) is 3.04. The van der Waals surface area contributed by atoms with Gasteiger partial charge in [0.25, 0.3) is 0 Å². The zero-order valence-electron chi connectivity index (χ0n) is 9.10. The van der Waals surface area contributed by atoms with Crippen LogP contribution in [0, 0.1) is 0 Å². The number of benzene rings is 1. The molecule has 0 saturated carbocycles. The summed E-state index contributed by atoms with van der Waals surface area (Å²) < 4.78 is 0. The van der Waals surface area contributed by atoms with Crippen LogP contribution >= 0.6 is 0 Å². The standard InChI is InChI=1S/C12H16N2O2/c13-12(9-15)6-7-14(11(12)16)8-10-4-2-1-3-5-10/h1-5,15H,6-9,13H2. The maximum atomic E-state index is 11.9. The topological polar surface area (TPSA) is 66.6 Å². The van der Waals surface area contributed by atoms with Crippen LogP contribution in [0.5, 0.6) is 0 Å². The summed E-state index contributed by atoms with van der Waals surface area (Å²) in [6, 6.07) is 9.77. The molecule has 4 nitrogen and oxygen atoms in total. The van der Waals surface area contributed by atoms with Crippen LogP contribution in [-0.4, -0.2) is 34.6 Å². The number of likely N-dealkylation sites (tertiary alicyclic amines) is 1. The van der Waals surface area contributed by atoms with E-state index in [2.05, 4.69) is 0 Å². The van der Waals surface area contributed by atoms with Crippen LogP contribution < -0.4 is 5.73 Å². The molecule has 1 atom stereocenters. The summed E-state index contributed by atoms with van der Waals surface area (Å²) >= 11 is 0. The average molecular weight is 220 g/mol. The summed E-state index contributed by atoms with van der Waals surface area (Å²) in [5, 5.41) is 9.11. The van der Waals surface area contributed by atoms with E-state index in [9.17, 15) is 4.79 Å². The number of nitrogens with two attached hydrogens (primary N) is 1. The van der Waals surface area contributed by atoms with E-state index in [0.29, 0.717) is 19.5 Å². The molecule has 1 heterocycles. The van der Waals surface area contributed by atoms with Crippen molar-refractivity contribution in [2.75, 3.05) is 13.2 Å². The molecule has 1 aromatic carbocycles. The zero-order valence-corrected chi connectivity index (χ0v) is 9.10. The lowest BCUT2D eigenvalue weighted by atomic mass is 10.0. The summed E-state index contributed by atoms with van der Waals surface area (Å²) in [5.74, 6) is -0.154. The van der Waals surface area contributed by atoms with Crippen molar-refractivity contribution in [3.05, 3.63) is 35.9 Å². The zero-order chi connectivity index (χ0) is 11.6. The lowest BCUT2D eigenvalue weighted by molar-refractivity contribution is -0.133. The fraction of sp³-hybridized carbons (Fsp3) is 0.417. The molecule has 1 unspecified atom stereocenters. The second kappa shape index (κ2) is 4.23. The molecule has 86 valence electrons. The minimum atomic E-state index is -1.06. The predicted octanol–water partition coefficient (Wildman–Crippen LogP) is 0.109. The molecule has 0 spiro atoms. The highest BCUT2D eigenvalue weighted by molar-refractivity contribution is 5.88. The van der Waals surface area contributed by atoms with Crippen LogP contribution in [0.4, 0.5) is 0 Å². The van der Waals surface area contributed by atoms with Crippen LogP contribution in [0.3, 0.4) is 0 Å². The Kier molecular flexibility index (Phi) is 2.94. The van der Waals surface area contributed by atoms with Gasteiger partial charge in [-0.1, -0.05) is 30.3 Å². The first kappa shape index (κ1) is 11.1. The first-order valence-corrected chi connectivity index (χ1v) is 5.39. The number of hydrogen-bond acceptors (Lipinski definition) is 3. The number of rotatable bonds is 3. The Morgan fingerprint density at radius 2 is 2.06 bits per heavy atom. The minimum Gasteiger partial charge on any atom is -0.394 e. The molecule has 4 heteroatoms. The summed E-state index contributed by atoms with van der Waals surface area (Å²) in [4.78, 5) is 13.6. The normalized spacial score (nSPS) is 25.1. The second-order valence-electron chi connectivity index (χ2n) is 4.28. The smallest absolute Gasteiger partial charge is 0.245 e. The second-order valence-corrected chi connectivity index (χ2v) is 4.28. The number of carbonyl (C=O) groups is 1. The molecule has 1 aliphatic rings. The highest BCUT2D eigenvalue weighted by atomic mass is 16.3. The van der Waals surface area contributed by atoms with Gasteiger partial charge in [0.1, 0.15) is 5.54 Å². The van der Waals surface area contributed by atoms with E-state index in [1.807, 2.05) is 30.3 Å². The van der Waals surface area contributed by atoms with Gasteiger partial charge in [-0.15, -0.1) is 0 Å². The van der Waals surface area contributed by atoms with Gasteiger partial charge in [-0.3, -0.25) is 4.79 Å². The molecule has 0 aromatic heterocycles. The Balaban J connectivity index is 2.06. The van der Waals surface area contributed by atoms with E-state index in [4.69, 9.17) is 10.8 Å². The van der Waals surface area contributed by atoms with Crippen molar-refractivity contribution in [1.82, 2.24) is 4.90 Å². The Morgan fingerprint density at radius 3 is 2.62 bits per heavy atom. The van der Waals surface area contributed by atoms with Gasteiger partial charge in [0, 0.05) is 13.1 Å². The highest BCUT2D eigenvalue weighted by Crippen LogP contribution is 2.21. The fourth-order valence-electron chi connectivity index (χ4n) is 1.96. The summed E-state index contributed by atoms with van der Waals surface area (Å²) in [7, 11) is 0. The number of carbonyl (C=O) groups excluding carboxylic acids is 1. The van der Waals surface area contributed by atoms with Gasteiger partial charge in [0.05, 0.1) is 6.61 Å². The van der Waals surface area contributed by atoms with E-state index in [-0.39, 0.29) is 12.5 Å². The quantitative estimate of drug-likeness (QED) is 0.759. The number of nitrogens with zero attached hydrogens (tertiary/aromatic N) is 1. The molecule has 2 rings (SSSR count). The molecular weight excluding hydrogens is 204 g/mol. The number of aliphatic hydroxyl groups is 1. The van der Waals surface area contributed by atoms with Crippen molar-refractivity contribution in [2.45, 2.75) is 18.5 Å². The third-order valence-corrected chi connectivity index (χ3v) is 3.04. The highest BCUT2D eigenvalue weighted by Gasteiger charge is 2.42. The van der Waals surface area contributed by atoms with Crippen LogP contribution in [0.1, 0.15) is 12.0 Å². The van der Waals surface area contributed by atoms with E-state index in [0.717, 1.165) is 5.56 Å². The molecule has 1 aliphatic heterocycles. The van der Waals surface area contributed by atoms with Gasteiger partial charge in [-0.25, -0.2) is 0 Å². The minimum absolute atomic E-state index is 0.154. The van der Waals surface area contributed by atoms with E-state index >= 15 is 0 Å². The average Bonchev–Trinajstić information content (AvgIpc) is 2.60. The van der Waals surface area contributed by atoms with Crippen LogP contribution in [-0.2, 0) is 11.3 Å². The van der Waals surface area contributed by atoms with E-state index in [1.54, 1.807) is 4.90 Å². The molecule has 1 fully saturated rings. The lowest BCUT2D eigenvalue weighted by Gasteiger charge is -2.21. The number of amides is 1. The Hall–Kier alpha value is -1.39. The van der Waals surface area contributed by atoms with Crippen LogP contribution in [0.25, 0.3) is 0 Å². The Labute approximate surface area is 94.7 Å². The van der Waals surface area contributed by atoms with Gasteiger partial charge in [-0.05, 0) is 12.0 Å². The van der Waals surface area contributed by atoms with Crippen molar-refractivity contribution < 1.29 is 9.90 Å². The molecule has 1 aromatic rings. The van der Waals surface area contributed by atoms with Gasteiger partial charge in [0.15, 0.2) is 0 Å². The molecule has 16 heavy (non-hydrogen) atoms. The Morgan fingerprint density at radius 1 is 1.38 bits per heavy atom. The van der Waals surface area contributed by atoms with Gasteiger partial charge in [-0.2, -0.15) is 0 Å². The maximum absolute atomic E-state index is 11.9. The molecule has 0 bridgehead atoms. The van der Waals surface area contributed by atoms with Crippen molar-refractivity contribution >= 4 is 5.91 Å². The summed E-state index contributed by atoms with van der Waals surface area (Å²) in [5.41, 5.74) is 5.83. The predicted molar refractivity (Wildman–Crippen MR) is 60.5 cm³/mol. The third kappa shape index (κ3) is 1.94. The number of hydrogen-bond donors (Lipinski definition) is 2. The van der Waals surface area contributed by atoms with Crippen molar-refractivity contribution in [3.63, 3.8) is 0 Å².